The van der Waals surface area contributed by atoms with Crippen LogP contribution in [0.15, 0.2) is 35.8 Å². The number of rotatable bonds is 4. The molecule has 0 N–H and O–H groups in total. The minimum absolute atomic E-state index is 0.0805. The zero-order valence-electron chi connectivity index (χ0n) is 12.3. The first-order valence-corrected chi connectivity index (χ1v) is 7.78. The molecule has 108 valence electrons. The van der Waals surface area contributed by atoms with Crippen LogP contribution >= 0.6 is 11.3 Å². The van der Waals surface area contributed by atoms with Gasteiger partial charge in [0.05, 0.1) is 28.5 Å². The SMILES string of the molecule is CCc1ccsc1C(=O)c1cn(C)c2cccc(OC)c12. The highest BCUT2D eigenvalue weighted by Crippen LogP contribution is 2.33. The third-order valence-electron chi connectivity index (χ3n) is 3.77. The van der Waals surface area contributed by atoms with Gasteiger partial charge in [0.1, 0.15) is 5.75 Å². The summed E-state index contributed by atoms with van der Waals surface area (Å²) in [6.45, 7) is 2.07. The molecule has 21 heavy (non-hydrogen) atoms. The van der Waals surface area contributed by atoms with E-state index in [0.717, 1.165) is 33.5 Å². The van der Waals surface area contributed by atoms with Gasteiger partial charge in [-0.3, -0.25) is 4.79 Å². The predicted molar refractivity (Wildman–Crippen MR) is 86.6 cm³/mol. The summed E-state index contributed by atoms with van der Waals surface area (Å²) in [4.78, 5) is 13.8. The second kappa shape index (κ2) is 5.37. The van der Waals surface area contributed by atoms with E-state index in [-0.39, 0.29) is 5.78 Å². The summed E-state index contributed by atoms with van der Waals surface area (Å²) in [7, 11) is 3.59. The van der Waals surface area contributed by atoms with E-state index in [1.54, 1.807) is 7.11 Å². The summed E-state index contributed by atoms with van der Waals surface area (Å²) in [5.74, 6) is 0.822. The molecule has 0 aliphatic heterocycles. The number of ether oxygens (including phenoxy) is 1. The molecule has 2 heterocycles. The lowest BCUT2D eigenvalue weighted by Gasteiger charge is -2.05. The first-order chi connectivity index (χ1) is 10.2. The van der Waals surface area contributed by atoms with E-state index in [1.807, 2.05) is 47.5 Å². The molecule has 0 fully saturated rings. The van der Waals surface area contributed by atoms with Crippen molar-refractivity contribution in [2.24, 2.45) is 7.05 Å². The maximum absolute atomic E-state index is 12.9. The van der Waals surface area contributed by atoms with Crippen LogP contribution in [0.5, 0.6) is 5.75 Å². The topological polar surface area (TPSA) is 31.2 Å². The molecule has 0 saturated carbocycles. The van der Waals surface area contributed by atoms with Crippen molar-refractivity contribution >= 4 is 28.0 Å². The highest BCUT2D eigenvalue weighted by atomic mass is 32.1. The molecule has 0 aliphatic rings. The van der Waals surface area contributed by atoms with Gasteiger partial charge in [-0.05, 0) is 35.6 Å². The van der Waals surface area contributed by atoms with Crippen LogP contribution in [-0.4, -0.2) is 17.5 Å². The summed E-state index contributed by atoms with van der Waals surface area (Å²) in [6.07, 6.45) is 2.77. The first-order valence-electron chi connectivity index (χ1n) is 6.90. The molecule has 0 spiro atoms. The molecule has 0 amide bonds. The molecule has 2 aromatic heterocycles. The van der Waals surface area contributed by atoms with E-state index in [9.17, 15) is 4.79 Å². The maximum Gasteiger partial charge on any atom is 0.205 e. The molecule has 4 heteroatoms. The van der Waals surface area contributed by atoms with Crippen molar-refractivity contribution in [3.8, 4) is 5.75 Å². The fraction of sp³-hybridized carbons (Fsp3) is 0.235. The van der Waals surface area contributed by atoms with Crippen molar-refractivity contribution < 1.29 is 9.53 Å². The largest absolute Gasteiger partial charge is 0.496 e. The highest BCUT2D eigenvalue weighted by Gasteiger charge is 2.21. The van der Waals surface area contributed by atoms with Crippen LogP contribution < -0.4 is 4.74 Å². The van der Waals surface area contributed by atoms with Gasteiger partial charge in [-0.25, -0.2) is 0 Å². The van der Waals surface area contributed by atoms with Crippen LogP contribution in [0.25, 0.3) is 10.9 Å². The van der Waals surface area contributed by atoms with Gasteiger partial charge in [0.25, 0.3) is 0 Å². The summed E-state index contributed by atoms with van der Waals surface area (Å²) in [5, 5.41) is 2.87. The molecule has 3 nitrogen and oxygen atoms in total. The van der Waals surface area contributed by atoms with E-state index in [4.69, 9.17) is 4.74 Å². The Morgan fingerprint density at radius 2 is 2.14 bits per heavy atom. The Hall–Kier alpha value is -2.07. The fourth-order valence-electron chi connectivity index (χ4n) is 2.69. The number of benzene rings is 1. The number of thiophene rings is 1. The van der Waals surface area contributed by atoms with Crippen LogP contribution in [0, 0.1) is 0 Å². The average molecular weight is 299 g/mol. The van der Waals surface area contributed by atoms with Gasteiger partial charge in [-0.1, -0.05) is 13.0 Å². The summed E-state index contributed by atoms with van der Waals surface area (Å²) in [6, 6.07) is 7.87. The third kappa shape index (κ3) is 2.16. The normalized spacial score (nSPS) is 11.0. The summed E-state index contributed by atoms with van der Waals surface area (Å²) < 4.78 is 7.42. The number of hydrogen-bond acceptors (Lipinski definition) is 3. The highest BCUT2D eigenvalue weighted by molar-refractivity contribution is 7.12. The van der Waals surface area contributed by atoms with E-state index in [0.29, 0.717) is 5.56 Å². The van der Waals surface area contributed by atoms with Gasteiger partial charge >= 0.3 is 0 Å². The smallest absolute Gasteiger partial charge is 0.205 e. The average Bonchev–Trinajstić information content (AvgIpc) is 3.11. The lowest BCUT2D eigenvalue weighted by Crippen LogP contribution is -2.01. The first kappa shape index (κ1) is 13.9. The van der Waals surface area contributed by atoms with Crippen molar-refractivity contribution in [3.63, 3.8) is 0 Å². The zero-order chi connectivity index (χ0) is 15.0. The molecule has 0 atom stereocenters. The van der Waals surface area contributed by atoms with Crippen molar-refractivity contribution in [1.29, 1.82) is 0 Å². The summed E-state index contributed by atoms with van der Waals surface area (Å²) >= 11 is 1.51. The van der Waals surface area contributed by atoms with Crippen LogP contribution in [0.4, 0.5) is 0 Å². The molecule has 0 bridgehead atoms. The second-order valence-corrected chi connectivity index (χ2v) is 5.88. The second-order valence-electron chi connectivity index (χ2n) is 4.97. The molecule has 3 aromatic rings. The van der Waals surface area contributed by atoms with E-state index in [1.165, 1.54) is 11.3 Å². The minimum Gasteiger partial charge on any atom is -0.496 e. The van der Waals surface area contributed by atoms with Gasteiger partial charge in [0.2, 0.25) is 5.78 Å². The molecule has 1 aromatic carbocycles. The van der Waals surface area contributed by atoms with Gasteiger partial charge in [0.15, 0.2) is 0 Å². The van der Waals surface area contributed by atoms with Crippen molar-refractivity contribution in [2.45, 2.75) is 13.3 Å². The zero-order valence-corrected chi connectivity index (χ0v) is 13.2. The van der Waals surface area contributed by atoms with Crippen molar-refractivity contribution in [2.75, 3.05) is 7.11 Å². The van der Waals surface area contributed by atoms with Crippen LogP contribution in [0.1, 0.15) is 27.7 Å². The number of hydrogen-bond donors (Lipinski definition) is 0. The van der Waals surface area contributed by atoms with Gasteiger partial charge in [0, 0.05) is 13.2 Å². The lowest BCUT2D eigenvalue weighted by molar-refractivity contribution is 0.104. The number of carbonyl (C=O) groups excluding carboxylic acids is 1. The van der Waals surface area contributed by atoms with Crippen molar-refractivity contribution in [1.82, 2.24) is 4.57 Å². The number of aryl methyl sites for hydroxylation is 2. The van der Waals surface area contributed by atoms with Gasteiger partial charge < -0.3 is 9.30 Å². The number of nitrogens with zero attached hydrogens (tertiary/aromatic N) is 1. The Morgan fingerprint density at radius 1 is 1.33 bits per heavy atom. The van der Waals surface area contributed by atoms with Crippen molar-refractivity contribution in [3.05, 3.63) is 51.8 Å². The molecule has 0 saturated heterocycles. The maximum atomic E-state index is 12.9. The Kier molecular flexibility index (Phi) is 3.55. The summed E-state index contributed by atoms with van der Waals surface area (Å²) in [5.41, 5.74) is 2.83. The van der Waals surface area contributed by atoms with E-state index in [2.05, 4.69) is 6.92 Å². The Bertz CT molecular complexity index is 813. The Labute approximate surface area is 127 Å². The minimum atomic E-state index is 0.0805. The third-order valence-corrected chi connectivity index (χ3v) is 4.73. The molecule has 0 radical (unpaired) electrons. The molecule has 3 rings (SSSR count). The van der Waals surface area contributed by atoms with E-state index < -0.39 is 0 Å². The molecular formula is C17H17NO2S. The van der Waals surface area contributed by atoms with Gasteiger partial charge in [-0.15, -0.1) is 11.3 Å². The van der Waals surface area contributed by atoms with E-state index >= 15 is 0 Å². The Morgan fingerprint density at radius 3 is 2.86 bits per heavy atom. The number of methoxy groups -OCH3 is 1. The predicted octanol–water partition coefficient (Wildman–Crippen LogP) is 4.04. The number of carbonyl (C=O) groups is 1. The molecular weight excluding hydrogens is 282 g/mol. The fourth-order valence-corrected chi connectivity index (χ4v) is 3.64. The standard InChI is InChI=1S/C17H17NO2S/c1-4-11-8-9-21-17(11)16(19)12-10-18(2)13-6-5-7-14(20-3)15(12)13/h5-10H,4H2,1-3H3. The lowest BCUT2D eigenvalue weighted by atomic mass is 10.0. The number of aromatic nitrogens is 1. The van der Waals surface area contributed by atoms with Crippen LogP contribution in [0.3, 0.4) is 0 Å². The number of fused-ring (bicyclic) bond motifs is 1. The van der Waals surface area contributed by atoms with Crippen LogP contribution in [0.2, 0.25) is 0 Å². The number of ketones is 1. The van der Waals surface area contributed by atoms with Gasteiger partial charge in [-0.2, -0.15) is 0 Å². The quantitative estimate of drug-likeness (QED) is 0.681. The molecule has 0 aliphatic carbocycles. The molecule has 0 unspecified atom stereocenters. The monoisotopic (exact) mass is 299 g/mol. The Balaban J connectivity index is 2.23. The van der Waals surface area contributed by atoms with Crippen LogP contribution in [-0.2, 0) is 13.5 Å².